The molecule has 5 nitrogen and oxygen atoms in total. The topological polar surface area (TPSA) is 64.4 Å². The Morgan fingerprint density at radius 1 is 1.10 bits per heavy atom. The van der Waals surface area contributed by atoms with Gasteiger partial charge in [-0.2, -0.15) is 5.10 Å². The van der Waals surface area contributed by atoms with Crippen molar-refractivity contribution in [3.05, 3.63) is 12.4 Å². The van der Waals surface area contributed by atoms with E-state index in [9.17, 15) is 9.90 Å². The fourth-order valence-electron chi connectivity index (χ4n) is 8.77. The molecule has 4 aliphatic rings. The van der Waals surface area contributed by atoms with E-state index >= 15 is 0 Å². The molecule has 4 aliphatic carbocycles. The molecule has 0 radical (unpaired) electrons. The normalized spacial score (nSPS) is 46.7. The molecule has 4 saturated carbocycles. The molecule has 8 atom stereocenters. The Kier molecular flexibility index (Phi) is 5.08. The average Bonchev–Trinajstić information content (AvgIpc) is 3.31. The van der Waals surface area contributed by atoms with Gasteiger partial charge in [-0.25, -0.2) is 0 Å². The summed E-state index contributed by atoms with van der Waals surface area (Å²) in [5.74, 6) is 4.08. The summed E-state index contributed by atoms with van der Waals surface area (Å²) in [4.78, 5) is 13.4. The van der Waals surface area contributed by atoms with E-state index in [0.29, 0.717) is 35.3 Å². The van der Waals surface area contributed by atoms with Gasteiger partial charge in [0.15, 0.2) is 11.5 Å². The van der Waals surface area contributed by atoms with Gasteiger partial charge < -0.3 is 9.84 Å². The molecule has 0 unspecified atom stereocenters. The fourth-order valence-corrected chi connectivity index (χ4v) is 8.77. The number of fused-ring (bicyclic) bond motifs is 5. The number of nitrogens with zero attached hydrogens (tertiary/aromatic N) is 2. The molecular formula is C26H40N2O3. The van der Waals surface area contributed by atoms with Crippen LogP contribution in [0.5, 0.6) is 5.75 Å². The van der Waals surface area contributed by atoms with Gasteiger partial charge in [0, 0.05) is 5.92 Å². The summed E-state index contributed by atoms with van der Waals surface area (Å²) in [5, 5.41) is 15.0. The minimum absolute atomic E-state index is 0.138. The van der Waals surface area contributed by atoms with Crippen molar-refractivity contribution in [2.45, 2.75) is 90.7 Å². The van der Waals surface area contributed by atoms with Crippen LogP contribution in [0, 0.1) is 40.4 Å². The molecule has 31 heavy (non-hydrogen) atoms. The molecule has 1 N–H and O–H groups in total. The van der Waals surface area contributed by atoms with Crippen LogP contribution in [0.25, 0.3) is 0 Å². The molecule has 0 aliphatic heterocycles. The van der Waals surface area contributed by atoms with E-state index in [2.05, 4.69) is 18.9 Å². The van der Waals surface area contributed by atoms with E-state index in [4.69, 9.17) is 4.74 Å². The first-order chi connectivity index (χ1) is 14.7. The number of ether oxygens (including phenoxy) is 1. The molecular weight excluding hydrogens is 388 g/mol. The quantitative estimate of drug-likeness (QED) is 0.743. The largest absolute Gasteiger partial charge is 0.493 e. The SMILES string of the molecule is COc1cnn(CC(=O)[C@H]2CC[C@H]3[C@@H]4CC[C@@H]5C[C@](C)(O)CC[C@]5(C)[C@H]4CC[C@]23C)c1. The molecule has 0 amide bonds. The van der Waals surface area contributed by atoms with E-state index in [1.807, 2.05) is 13.1 Å². The number of hydrogen-bond donors (Lipinski definition) is 1. The average molecular weight is 429 g/mol. The highest BCUT2D eigenvalue weighted by Gasteiger charge is 2.61. The molecule has 1 aromatic heterocycles. The lowest BCUT2D eigenvalue weighted by Gasteiger charge is -2.61. The molecule has 5 rings (SSSR count). The van der Waals surface area contributed by atoms with Crippen molar-refractivity contribution in [1.82, 2.24) is 9.78 Å². The van der Waals surface area contributed by atoms with Gasteiger partial charge in [0.25, 0.3) is 0 Å². The smallest absolute Gasteiger partial charge is 0.157 e. The van der Waals surface area contributed by atoms with Crippen molar-refractivity contribution in [3.8, 4) is 5.75 Å². The van der Waals surface area contributed by atoms with Crippen LogP contribution in [0.1, 0.15) is 78.6 Å². The summed E-state index contributed by atoms with van der Waals surface area (Å²) in [5.41, 5.74) is 0.0410. The number of carbonyl (C=O) groups is 1. The first-order valence-corrected chi connectivity index (χ1v) is 12.5. The first kappa shape index (κ1) is 21.5. The Labute approximate surface area is 186 Å². The number of Topliss-reactive ketones (excluding diaryl/α,β-unsaturated/α-hetero) is 1. The van der Waals surface area contributed by atoms with E-state index in [1.165, 1.54) is 38.5 Å². The lowest BCUT2D eigenvalue weighted by Crippen LogP contribution is -2.55. The molecule has 0 aromatic carbocycles. The molecule has 0 saturated heterocycles. The van der Waals surface area contributed by atoms with Crippen LogP contribution < -0.4 is 4.74 Å². The van der Waals surface area contributed by atoms with Gasteiger partial charge in [0.1, 0.15) is 0 Å². The summed E-state index contributed by atoms with van der Waals surface area (Å²) in [6, 6.07) is 0. The Hall–Kier alpha value is -1.36. The third kappa shape index (κ3) is 3.37. The van der Waals surface area contributed by atoms with Gasteiger partial charge >= 0.3 is 0 Å². The second kappa shape index (κ2) is 7.33. The monoisotopic (exact) mass is 428 g/mol. The molecule has 172 valence electrons. The van der Waals surface area contributed by atoms with E-state index in [-0.39, 0.29) is 11.3 Å². The number of aliphatic hydroxyl groups is 1. The zero-order chi connectivity index (χ0) is 22.0. The Balaban J connectivity index is 1.33. The summed E-state index contributed by atoms with van der Waals surface area (Å²) >= 11 is 0. The molecule has 1 aromatic rings. The second-order valence-corrected chi connectivity index (χ2v) is 12.1. The van der Waals surface area contributed by atoms with Gasteiger partial charge in [0.2, 0.25) is 0 Å². The minimum Gasteiger partial charge on any atom is -0.493 e. The van der Waals surface area contributed by atoms with Crippen LogP contribution in [0.3, 0.4) is 0 Å². The number of methoxy groups -OCH3 is 1. The van der Waals surface area contributed by atoms with Crippen molar-refractivity contribution in [3.63, 3.8) is 0 Å². The fraction of sp³-hybridized carbons (Fsp3) is 0.846. The van der Waals surface area contributed by atoms with E-state index in [1.54, 1.807) is 18.0 Å². The maximum atomic E-state index is 13.4. The molecule has 1 heterocycles. The van der Waals surface area contributed by atoms with Crippen LogP contribution in [-0.4, -0.2) is 33.4 Å². The van der Waals surface area contributed by atoms with Crippen LogP contribution >= 0.6 is 0 Å². The standard InChI is InChI=1S/C26H40N2O3/c1-24(30)11-12-25(2)17(13-24)5-6-19-20-7-8-22(26(20,3)10-9-21(19)25)23(29)16-28-15-18(31-4)14-27-28/h14-15,17,19-22,30H,5-13,16H2,1-4H3/t17-,19+,20+,21+,22-,24-,25+,26+/m1/s1. The van der Waals surface area contributed by atoms with Gasteiger partial charge in [0.05, 0.1) is 31.6 Å². The summed E-state index contributed by atoms with van der Waals surface area (Å²) in [6.45, 7) is 7.36. The third-order valence-electron chi connectivity index (χ3n) is 10.5. The maximum absolute atomic E-state index is 13.4. The first-order valence-electron chi connectivity index (χ1n) is 12.5. The lowest BCUT2D eigenvalue weighted by atomic mass is 9.44. The van der Waals surface area contributed by atoms with Crippen molar-refractivity contribution in [2.75, 3.05) is 7.11 Å². The summed E-state index contributed by atoms with van der Waals surface area (Å²) in [7, 11) is 1.63. The third-order valence-corrected chi connectivity index (χ3v) is 10.5. The van der Waals surface area contributed by atoms with Crippen molar-refractivity contribution in [2.24, 2.45) is 40.4 Å². The minimum atomic E-state index is -0.472. The van der Waals surface area contributed by atoms with E-state index in [0.717, 1.165) is 31.1 Å². The van der Waals surface area contributed by atoms with Crippen LogP contribution in [-0.2, 0) is 11.3 Å². The van der Waals surface area contributed by atoms with Gasteiger partial charge in [-0.3, -0.25) is 9.48 Å². The number of rotatable bonds is 4. The number of aromatic nitrogens is 2. The Morgan fingerprint density at radius 3 is 2.61 bits per heavy atom. The predicted molar refractivity (Wildman–Crippen MR) is 120 cm³/mol. The van der Waals surface area contributed by atoms with Crippen molar-refractivity contribution in [1.29, 1.82) is 0 Å². The maximum Gasteiger partial charge on any atom is 0.157 e. The molecule has 4 fully saturated rings. The van der Waals surface area contributed by atoms with Crippen LogP contribution in [0.15, 0.2) is 12.4 Å². The number of hydrogen-bond acceptors (Lipinski definition) is 4. The van der Waals surface area contributed by atoms with Gasteiger partial charge in [-0.15, -0.1) is 0 Å². The highest BCUT2D eigenvalue weighted by molar-refractivity contribution is 5.82. The summed E-state index contributed by atoms with van der Waals surface area (Å²) in [6.07, 6.45) is 13.8. The van der Waals surface area contributed by atoms with Crippen molar-refractivity contribution < 1.29 is 14.6 Å². The molecule has 0 bridgehead atoms. The highest BCUT2D eigenvalue weighted by Crippen LogP contribution is 2.68. The molecule has 0 spiro atoms. The second-order valence-electron chi connectivity index (χ2n) is 12.1. The van der Waals surface area contributed by atoms with Gasteiger partial charge in [-0.05, 0) is 99.2 Å². The number of carbonyl (C=O) groups excluding carboxylic acids is 1. The zero-order valence-electron chi connectivity index (χ0n) is 19.8. The van der Waals surface area contributed by atoms with Crippen molar-refractivity contribution >= 4 is 5.78 Å². The van der Waals surface area contributed by atoms with Crippen LogP contribution in [0.2, 0.25) is 0 Å². The molecule has 5 heteroatoms. The summed E-state index contributed by atoms with van der Waals surface area (Å²) < 4.78 is 6.96. The Bertz CT molecular complexity index is 847. The zero-order valence-corrected chi connectivity index (χ0v) is 19.8. The predicted octanol–water partition coefficient (Wildman–Crippen LogP) is 4.87. The van der Waals surface area contributed by atoms with E-state index < -0.39 is 5.60 Å². The van der Waals surface area contributed by atoms with Gasteiger partial charge in [-0.1, -0.05) is 13.8 Å². The Morgan fingerprint density at radius 2 is 1.87 bits per heavy atom. The highest BCUT2D eigenvalue weighted by atomic mass is 16.5. The number of ketones is 1. The van der Waals surface area contributed by atoms with Crippen LogP contribution in [0.4, 0.5) is 0 Å². The lowest BCUT2D eigenvalue weighted by molar-refractivity contribution is -0.151.